The highest BCUT2D eigenvalue weighted by molar-refractivity contribution is 5.91. The van der Waals surface area contributed by atoms with E-state index in [1.807, 2.05) is 18.2 Å². The third-order valence-electron chi connectivity index (χ3n) is 3.12. The van der Waals surface area contributed by atoms with Crippen LogP contribution < -0.4 is 15.6 Å². The zero-order chi connectivity index (χ0) is 13.9. The Morgan fingerprint density at radius 3 is 3.05 bits per heavy atom. The minimum absolute atomic E-state index is 0.189. The van der Waals surface area contributed by atoms with E-state index in [-0.39, 0.29) is 17.2 Å². The molecule has 0 bridgehead atoms. The van der Waals surface area contributed by atoms with E-state index < -0.39 is 0 Å². The molecule has 0 saturated carbocycles. The summed E-state index contributed by atoms with van der Waals surface area (Å²) in [7, 11) is 0. The van der Waals surface area contributed by atoms with Gasteiger partial charge in [0.25, 0.3) is 11.5 Å². The van der Waals surface area contributed by atoms with Crippen molar-refractivity contribution >= 4 is 5.91 Å². The molecule has 6 nitrogen and oxygen atoms in total. The van der Waals surface area contributed by atoms with Gasteiger partial charge in [-0.25, -0.2) is 5.10 Å². The number of hydrogen-bond donors (Lipinski definition) is 2. The Kier molecular flexibility index (Phi) is 3.20. The summed E-state index contributed by atoms with van der Waals surface area (Å²) in [6.45, 7) is 1.12. The molecule has 1 aromatic carbocycles. The van der Waals surface area contributed by atoms with Crippen molar-refractivity contribution < 1.29 is 9.53 Å². The summed E-state index contributed by atoms with van der Waals surface area (Å²) in [4.78, 5) is 22.7. The van der Waals surface area contributed by atoms with Crippen molar-refractivity contribution in [1.29, 1.82) is 0 Å². The molecule has 0 unspecified atom stereocenters. The van der Waals surface area contributed by atoms with Crippen LogP contribution in [0, 0.1) is 0 Å². The molecule has 1 amide bonds. The SMILES string of the molecule is O=C(NCc1ccc2c(c1)CCO2)c1ccc(=O)[nH]n1. The Labute approximate surface area is 114 Å². The first kappa shape index (κ1) is 12.4. The van der Waals surface area contributed by atoms with E-state index in [1.165, 1.54) is 17.7 Å². The first-order valence-corrected chi connectivity index (χ1v) is 6.31. The third-order valence-corrected chi connectivity index (χ3v) is 3.12. The van der Waals surface area contributed by atoms with E-state index in [1.54, 1.807) is 0 Å². The average Bonchev–Trinajstić information content (AvgIpc) is 2.93. The Morgan fingerprint density at radius 1 is 1.35 bits per heavy atom. The van der Waals surface area contributed by atoms with Crippen LogP contribution in [0.1, 0.15) is 21.6 Å². The lowest BCUT2D eigenvalue weighted by Gasteiger charge is -2.06. The fourth-order valence-corrected chi connectivity index (χ4v) is 2.09. The summed E-state index contributed by atoms with van der Waals surface area (Å²) < 4.78 is 5.43. The van der Waals surface area contributed by atoms with Gasteiger partial charge >= 0.3 is 0 Å². The van der Waals surface area contributed by atoms with Gasteiger partial charge in [0.05, 0.1) is 6.61 Å². The summed E-state index contributed by atoms with van der Waals surface area (Å²) in [5, 5.41) is 8.67. The predicted octanol–water partition coefficient (Wildman–Crippen LogP) is 0.635. The molecular formula is C14H13N3O3. The van der Waals surface area contributed by atoms with Crippen molar-refractivity contribution in [1.82, 2.24) is 15.5 Å². The normalized spacial score (nSPS) is 12.6. The highest BCUT2D eigenvalue weighted by Crippen LogP contribution is 2.25. The Morgan fingerprint density at radius 2 is 2.25 bits per heavy atom. The van der Waals surface area contributed by atoms with E-state index in [4.69, 9.17) is 4.74 Å². The van der Waals surface area contributed by atoms with Crippen molar-refractivity contribution in [2.45, 2.75) is 13.0 Å². The van der Waals surface area contributed by atoms with Gasteiger partial charge in [0.1, 0.15) is 11.4 Å². The zero-order valence-corrected chi connectivity index (χ0v) is 10.7. The minimum Gasteiger partial charge on any atom is -0.493 e. The van der Waals surface area contributed by atoms with Crippen LogP contribution in [0.25, 0.3) is 0 Å². The number of nitrogens with one attached hydrogen (secondary N) is 2. The maximum Gasteiger partial charge on any atom is 0.271 e. The average molecular weight is 271 g/mol. The second kappa shape index (κ2) is 5.16. The monoisotopic (exact) mass is 271 g/mol. The molecule has 20 heavy (non-hydrogen) atoms. The van der Waals surface area contributed by atoms with Gasteiger partial charge in [-0.05, 0) is 23.3 Å². The molecule has 0 radical (unpaired) electrons. The van der Waals surface area contributed by atoms with Gasteiger partial charge < -0.3 is 10.1 Å². The fraction of sp³-hybridized carbons (Fsp3) is 0.214. The lowest BCUT2D eigenvalue weighted by atomic mass is 10.1. The summed E-state index contributed by atoms with van der Waals surface area (Å²) >= 11 is 0. The van der Waals surface area contributed by atoms with Crippen LogP contribution in [0.2, 0.25) is 0 Å². The number of H-pyrrole nitrogens is 1. The number of amides is 1. The number of benzene rings is 1. The van der Waals surface area contributed by atoms with Crippen molar-refractivity contribution in [3.05, 3.63) is 57.5 Å². The quantitative estimate of drug-likeness (QED) is 0.857. The Bertz CT molecular complexity index is 689. The molecule has 102 valence electrons. The molecule has 0 saturated heterocycles. The van der Waals surface area contributed by atoms with Gasteiger partial charge in [-0.15, -0.1) is 0 Å². The number of hydrogen-bond acceptors (Lipinski definition) is 4. The molecule has 0 spiro atoms. The van der Waals surface area contributed by atoms with Crippen molar-refractivity contribution in [2.24, 2.45) is 0 Å². The summed E-state index contributed by atoms with van der Waals surface area (Å²) in [5.41, 5.74) is 2.03. The molecule has 1 aliphatic rings. The number of carbonyl (C=O) groups excluding carboxylic acids is 1. The maximum atomic E-state index is 11.8. The van der Waals surface area contributed by atoms with Gasteiger partial charge in [0, 0.05) is 19.0 Å². The molecule has 2 aromatic rings. The van der Waals surface area contributed by atoms with Crippen LogP contribution in [0.15, 0.2) is 35.1 Å². The van der Waals surface area contributed by atoms with Gasteiger partial charge in [-0.3, -0.25) is 9.59 Å². The predicted molar refractivity (Wildman–Crippen MR) is 71.7 cm³/mol. The molecule has 0 atom stereocenters. The van der Waals surface area contributed by atoms with Gasteiger partial charge in [-0.1, -0.05) is 12.1 Å². The fourth-order valence-electron chi connectivity index (χ4n) is 2.09. The second-order valence-electron chi connectivity index (χ2n) is 4.53. The maximum absolute atomic E-state index is 11.8. The molecule has 1 aliphatic heterocycles. The molecule has 6 heteroatoms. The molecule has 2 heterocycles. The number of nitrogens with zero attached hydrogens (tertiary/aromatic N) is 1. The van der Waals surface area contributed by atoms with Crippen LogP contribution in [-0.4, -0.2) is 22.7 Å². The summed E-state index contributed by atoms with van der Waals surface area (Å²) in [6, 6.07) is 8.54. The van der Waals surface area contributed by atoms with Crippen LogP contribution in [-0.2, 0) is 13.0 Å². The third kappa shape index (κ3) is 2.54. The highest BCUT2D eigenvalue weighted by Gasteiger charge is 2.12. The smallest absolute Gasteiger partial charge is 0.271 e. The first-order chi connectivity index (χ1) is 9.72. The standard InChI is InChI=1S/C14H13N3O3/c18-13-4-2-11(16-17-13)14(19)15-8-9-1-3-12-10(7-9)5-6-20-12/h1-4,7H,5-6,8H2,(H,15,19)(H,17,18). The molecule has 2 N–H and O–H groups in total. The van der Waals surface area contributed by atoms with Gasteiger partial charge in [-0.2, -0.15) is 5.10 Å². The Balaban J connectivity index is 1.66. The molecule has 3 rings (SSSR count). The molecule has 1 aromatic heterocycles. The van der Waals surface area contributed by atoms with E-state index in [9.17, 15) is 9.59 Å². The van der Waals surface area contributed by atoms with Crippen LogP contribution in [0.3, 0.4) is 0 Å². The van der Waals surface area contributed by atoms with E-state index in [2.05, 4.69) is 15.5 Å². The van der Waals surface area contributed by atoms with Crippen molar-refractivity contribution in [2.75, 3.05) is 6.61 Å². The first-order valence-electron chi connectivity index (χ1n) is 6.31. The van der Waals surface area contributed by atoms with Gasteiger partial charge in [0.15, 0.2) is 0 Å². The summed E-state index contributed by atoms with van der Waals surface area (Å²) in [5.74, 6) is 0.598. The van der Waals surface area contributed by atoms with Crippen LogP contribution in [0.4, 0.5) is 0 Å². The number of rotatable bonds is 3. The number of fused-ring (bicyclic) bond motifs is 1. The topological polar surface area (TPSA) is 84.1 Å². The molecular weight excluding hydrogens is 258 g/mol. The van der Waals surface area contributed by atoms with E-state index in [0.29, 0.717) is 13.2 Å². The lowest BCUT2D eigenvalue weighted by molar-refractivity contribution is 0.0945. The lowest BCUT2D eigenvalue weighted by Crippen LogP contribution is -2.25. The number of carbonyl (C=O) groups is 1. The van der Waals surface area contributed by atoms with E-state index in [0.717, 1.165) is 17.7 Å². The summed E-state index contributed by atoms with van der Waals surface area (Å²) in [6.07, 6.45) is 0.901. The molecule has 0 aliphatic carbocycles. The van der Waals surface area contributed by atoms with E-state index >= 15 is 0 Å². The largest absolute Gasteiger partial charge is 0.493 e. The number of aromatic amines is 1. The number of aromatic nitrogens is 2. The minimum atomic E-state index is -0.333. The Hall–Kier alpha value is -2.63. The number of ether oxygens (including phenoxy) is 1. The molecule has 0 fully saturated rings. The van der Waals surface area contributed by atoms with Crippen molar-refractivity contribution in [3.63, 3.8) is 0 Å². The zero-order valence-electron chi connectivity index (χ0n) is 10.7. The van der Waals surface area contributed by atoms with Crippen molar-refractivity contribution in [3.8, 4) is 5.75 Å². The van der Waals surface area contributed by atoms with Crippen LogP contribution >= 0.6 is 0 Å². The van der Waals surface area contributed by atoms with Crippen LogP contribution in [0.5, 0.6) is 5.75 Å². The highest BCUT2D eigenvalue weighted by atomic mass is 16.5. The second-order valence-corrected chi connectivity index (χ2v) is 4.53. The van der Waals surface area contributed by atoms with Gasteiger partial charge in [0.2, 0.25) is 0 Å².